The maximum absolute atomic E-state index is 14.9. The van der Waals surface area contributed by atoms with Crippen LogP contribution >= 0.6 is 0 Å². The molecule has 11 atom stereocenters. The maximum Gasteiger partial charge on any atom is 0.320 e. The van der Waals surface area contributed by atoms with Crippen LogP contribution in [0.25, 0.3) is 10.8 Å². The molecule has 3 unspecified atom stereocenters. The molecule has 5 N–H and O–H groups in total. The summed E-state index contributed by atoms with van der Waals surface area (Å²) in [6.07, 6.45) is 4.51. The number of aromatic hydroxyl groups is 2. The first-order valence-corrected chi connectivity index (χ1v) is 24.9. The van der Waals surface area contributed by atoms with Gasteiger partial charge in [-0.3, -0.25) is 29.2 Å². The zero-order valence-electron chi connectivity index (χ0n) is 43.1. The molecule has 0 aliphatic carbocycles. The number of aliphatic hydroxyl groups is 2. The molecule has 71 heavy (non-hydrogen) atoms. The molecule has 2 aromatic carbocycles. The number of hydrogen-bond donors (Lipinski definition) is 5. The van der Waals surface area contributed by atoms with Crippen molar-refractivity contribution in [3.05, 3.63) is 58.0 Å². The predicted octanol–water partition coefficient (Wildman–Crippen LogP) is 4.61. The van der Waals surface area contributed by atoms with Crippen molar-refractivity contribution in [1.29, 1.82) is 0 Å². The molecule has 1 spiro atoms. The Labute approximate surface area is 415 Å². The highest BCUT2D eigenvalue weighted by Gasteiger charge is 2.50. The Kier molecular flexibility index (Phi) is 15.8. The lowest BCUT2D eigenvalue weighted by Crippen LogP contribution is -2.47. The zero-order valence-corrected chi connectivity index (χ0v) is 43.1. The van der Waals surface area contributed by atoms with Crippen LogP contribution in [0.2, 0.25) is 0 Å². The van der Waals surface area contributed by atoms with Crippen LogP contribution in [0.1, 0.15) is 97.5 Å². The Hall–Kier alpha value is -5.40. The van der Waals surface area contributed by atoms with E-state index >= 15 is 0 Å². The smallest absolute Gasteiger partial charge is 0.320 e. The van der Waals surface area contributed by atoms with Crippen molar-refractivity contribution in [2.24, 2.45) is 45.5 Å². The third-order valence-electron chi connectivity index (χ3n) is 15.2. The maximum atomic E-state index is 14.9. The summed E-state index contributed by atoms with van der Waals surface area (Å²) in [6.45, 7) is 20.7. The number of nitrogens with one attached hydrogen (secondary N) is 1. The molecule has 0 radical (unpaired) electrons. The summed E-state index contributed by atoms with van der Waals surface area (Å²) < 4.78 is 30.2. The number of rotatable bonds is 7. The number of likely N-dealkylation sites (N-methyl/N-ethyl adjacent to an activating group) is 1. The number of benzene rings is 2. The van der Waals surface area contributed by atoms with Gasteiger partial charge < -0.3 is 59.2 Å². The van der Waals surface area contributed by atoms with Crippen molar-refractivity contribution in [2.75, 3.05) is 52.2 Å². The Balaban J connectivity index is 1.32. The second-order valence-corrected chi connectivity index (χ2v) is 21.1. The number of anilines is 1. The Morgan fingerprint density at radius 2 is 1.56 bits per heavy atom. The molecule has 0 aromatic heterocycles. The number of amides is 1. The molecule has 18 nitrogen and oxygen atoms in total. The monoisotopic (exact) mass is 988 g/mol. The Morgan fingerprint density at radius 3 is 2.20 bits per heavy atom. The molecule has 6 heterocycles. The highest BCUT2D eigenvalue weighted by Crippen LogP contribution is 2.50. The number of phenolic OH excluding ortho intramolecular Hbond substituents is 2. The number of hydrogen-bond acceptors (Lipinski definition) is 17. The first kappa shape index (κ1) is 53.4. The number of piperidine rings is 1. The molecule has 6 aliphatic heterocycles. The van der Waals surface area contributed by atoms with E-state index in [-0.39, 0.29) is 55.7 Å². The average Bonchev–Trinajstić information content (AvgIpc) is 4.00. The van der Waals surface area contributed by atoms with Crippen molar-refractivity contribution >= 4 is 40.1 Å². The molecule has 2 saturated heterocycles. The van der Waals surface area contributed by atoms with E-state index in [9.17, 15) is 39.6 Å². The van der Waals surface area contributed by atoms with Crippen LogP contribution in [0.5, 0.6) is 17.2 Å². The molecule has 1 amide bonds. The number of fused-ring (bicyclic) bond motifs is 13. The quantitative estimate of drug-likeness (QED) is 0.145. The number of carbonyl (C=O) groups excluding carboxylic acids is 4. The van der Waals surface area contributed by atoms with Crippen LogP contribution in [0.4, 0.5) is 5.69 Å². The zero-order chi connectivity index (χ0) is 52.0. The van der Waals surface area contributed by atoms with E-state index in [0.717, 1.165) is 13.1 Å². The van der Waals surface area contributed by atoms with Gasteiger partial charge in [0.15, 0.2) is 17.3 Å². The highest BCUT2D eigenvalue weighted by atomic mass is 16.7. The summed E-state index contributed by atoms with van der Waals surface area (Å²) in [5.41, 5.74) is -0.713. The standard InChI is InChI=1S/C53H73N5O13/c1-26(2)24-58-21-18-53(19-22-58)55-39-36-37-44(61)32(8)47-38(36)48(63)52(10,71-47)68-23-17-35(67-12)29(5)46(70-51(66)33(9)50(65)69-34-16-20-57(11)25-34)31(7)43(60)30(6)42(59)27(3)14-13-15-28(4)49(64)54-41(45(37)62)40(39)56-53/h13-15,17,23,26-27,29-31,33-35,42-43,46,59-62H,16,18-22,24-25H2,1-12H3,(H,54,64)/b14-13+,23-17+,28-15-/t27-,29+,30+,31+,33?,34?,35-,42-,43+,46+,52?/m0/s1. The SMILES string of the molecule is CO[C@H]1/C=C/OC2(C)Oc3c(C)c(O)c4c(O)c(c5c(c4c3C2=O)=NC2(CCN(CC(C)C)CC2)N=5)NC(=O)/C(C)=C\C=C\[C@H](C)[C@H](O)[C@@H](C)[C@@H](O)[C@@H](C)[C@H](OC(=O)C(C)C(=O)OC2CCN(C)C2)[C@@H]1C. The van der Waals surface area contributed by atoms with Gasteiger partial charge in [0.05, 0.1) is 40.9 Å². The minimum absolute atomic E-state index is 0.00372. The molecule has 388 valence electrons. The molecule has 0 saturated carbocycles. The second kappa shape index (κ2) is 21.0. The predicted molar refractivity (Wildman–Crippen MR) is 263 cm³/mol. The number of likely N-dealkylation sites (tertiary alicyclic amines) is 2. The number of ketones is 1. The minimum atomic E-state index is -2.03. The van der Waals surface area contributed by atoms with Crippen LogP contribution in [-0.2, 0) is 33.3 Å². The fourth-order valence-electron chi connectivity index (χ4n) is 10.6. The number of carbonyl (C=O) groups is 4. The number of aliphatic hydroxyl groups excluding tert-OH is 2. The molecule has 5 bridgehead atoms. The summed E-state index contributed by atoms with van der Waals surface area (Å²) in [4.78, 5) is 70.8. The molecule has 2 aromatic rings. The number of Topliss-reactive ketones (excluding diaryl/α,β-unsaturated/α-hetero) is 1. The van der Waals surface area contributed by atoms with E-state index < -0.39 is 101 Å². The molecule has 18 heteroatoms. The normalized spacial score (nSPS) is 32.5. The summed E-state index contributed by atoms with van der Waals surface area (Å²) >= 11 is 0. The topological polar surface area (TPSA) is 239 Å². The lowest BCUT2D eigenvalue weighted by molar-refractivity contribution is -0.175. The number of allylic oxidation sites excluding steroid dienone is 2. The number of methoxy groups -OCH3 is 1. The Bertz CT molecular complexity index is 2640. The number of nitrogens with zero attached hydrogens (tertiary/aromatic N) is 4. The van der Waals surface area contributed by atoms with Crippen LogP contribution in [0.15, 0.2) is 46.1 Å². The van der Waals surface area contributed by atoms with E-state index in [0.29, 0.717) is 44.8 Å². The third-order valence-corrected chi connectivity index (χ3v) is 15.2. The summed E-state index contributed by atoms with van der Waals surface area (Å²) in [6, 6.07) is 0. The Morgan fingerprint density at radius 1 is 0.901 bits per heavy atom. The van der Waals surface area contributed by atoms with Gasteiger partial charge in [-0.25, -0.2) is 0 Å². The van der Waals surface area contributed by atoms with Gasteiger partial charge in [0.1, 0.15) is 34.8 Å². The van der Waals surface area contributed by atoms with Gasteiger partial charge in [-0.2, -0.15) is 0 Å². The van der Waals surface area contributed by atoms with Gasteiger partial charge >= 0.3 is 17.7 Å². The van der Waals surface area contributed by atoms with E-state index in [1.807, 2.05) is 11.9 Å². The fourth-order valence-corrected chi connectivity index (χ4v) is 10.6. The minimum Gasteiger partial charge on any atom is -0.507 e. The van der Waals surface area contributed by atoms with Crippen molar-refractivity contribution in [2.45, 2.75) is 130 Å². The summed E-state index contributed by atoms with van der Waals surface area (Å²) in [5.74, 6) is -9.56. The first-order valence-electron chi connectivity index (χ1n) is 24.9. The largest absolute Gasteiger partial charge is 0.507 e. The van der Waals surface area contributed by atoms with Crippen molar-refractivity contribution in [1.82, 2.24) is 9.80 Å². The van der Waals surface area contributed by atoms with Crippen LogP contribution in [0, 0.1) is 42.4 Å². The van der Waals surface area contributed by atoms with E-state index in [4.69, 9.17) is 33.7 Å². The molecular weight excluding hydrogens is 915 g/mol. The van der Waals surface area contributed by atoms with Gasteiger partial charge in [-0.05, 0) is 46.2 Å². The van der Waals surface area contributed by atoms with Gasteiger partial charge in [-0.15, -0.1) is 0 Å². The lowest BCUT2D eigenvalue weighted by atomic mass is 9.78. The molecule has 6 aliphatic rings. The van der Waals surface area contributed by atoms with Crippen LogP contribution in [-0.4, -0.2) is 143 Å². The molecule has 2 fully saturated rings. The van der Waals surface area contributed by atoms with Crippen molar-refractivity contribution in [3.8, 4) is 17.2 Å². The van der Waals surface area contributed by atoms with Gasteiger partial charge in [0.2, 0.25) is 0 Å². The summed E-state index contributed by atoms with van der Waals surface area (Å²) in [7, 11) is 3.35. The molecular formula is C53H73N5O13. The van der Waals surface area contributed by atoms with E-state index in [1.54, 1.807) is 59.8 Å². The van der Waals surface area contributed by atoms with E-state index in [1.165, 1.54) is 33.3 Å². The molecule has 8 rings (SSSR count). The van der Waals surface area contributed by atoms with E-state index in [2.05, 4.69) is 24.1 Å². The number of esters is 2. The van der Waals surface area contributed by atoms with Crippen molar-refractivity contribution < 1.29 is 63.3 Å². The highest BCUT2D eigenvalue weighted by molar-refractivity contribution is 6.19. The van der Waals surface area contributed by atoms with Gasteiger partial charge in [0.25, 0.3) is 11.7 Å². The summed E-state index contributed by atoms with van der Waals surface area (Å²) in [5, 5.41) is 50.9. The third kappa shape index (κ3) is 10.5. The number of ether oxygens (including phenoxy) is 5. The van der Waals surface area contributed by atoms with Crippen molar-refractivity contribution in [3.63, 3.8) is 0 Å². The van der Waals surface area contributed by atoms with Gasteiger partial charge in [0, 0.05) is 99.8 Å². The lowest BCUT2D eigenvalue weighted by Gasteiger charge is -2.38. The first-order chi connectivity index (χ1) is 33.4. The second-order valence-electron chi connectivity index (χ2n) is 21.1. The van der Waals surface area contributed by atoms with Gasteiger partial charge in [-0.1, -0.05) is 59.8 Å². The average molecular weight is 988 g/mol. The van der Waals surface area contributed by atoms with Crippen LogP contribution in [0.3, 0.4) is 0 Å². The fraction of sp³-hybridized carbons (Fsp3) is 0.623. The number of phenols is 2. The van der Waals surface area contributed by atoms with Crippen LogP contribution < -0.4 is 20.8 Å².